The van der Waals surface area contributed by atoms with E-state index >= 15 is 0 Å². The molecule has 1 heterocycles. The van der Waals surface area contributed by atoms with Gasteiger partial charge in [-0.3, -0.25) is 0 Å². The zero-order valence-corrected chi connectivity index (χ0v) is 6.83. The minimum absolute atomic E-state index is 0.424. The fraction of sp³-hybridized carbons (Fsp3) is 0.714. The topological polar surface area (TPSA) is 48.2 Å². The lowest BCUT2D eigenvalue weighted by atomic mass is 10.3. The molecule has 0 unspecified atom stereocenters. The molecular formula is C7H12N2O2. The number of ether oxygens (including phenoxy) is 1. The third-order valence-corrected chi connectivity index (χ3v) is 1.25. The van der Waals surface area contributed by atoms with Crippen LogP contribution in [0, 0.1) is 0 Å². The van der Waals surface area contributed by atoms with Crippen LogP contribution in [0.25, 0.3) is 0 Å². The summed E-state index contributed by atoms with van der Waals surface area (Å²) in [7, 11) is 1.61. The summed E-state index contributed by atoms with van der Waals surface area (Å²) >= 11 is 0. The Morgan fingerprint density at radius 1 is 1.55 bits per heavy atom. The van der Waals surface area contributed by atoms with Crippen LogP contribution in [0.4, 0.5) is 0 Å². The molecule has 0 aromatic carbocycles. The number of aryl methyl sites for hydroxylation is 1. The minimum atomic E-state index is 0.424. The first kappa shape index (κ1) is 8.20. The maximum absolute atomic E-state index is 4.92. The molecule has 0 aliphatic carbocycles. The third-order valence-electron chi connectivity index (χ3n) is 1.25. The fourth-order valence-corrected chi connectivity index (χ4v) is 0.793. The summed E-state index contributed by atoms with van der Waals surface area (Å²) < 4.78 is 9.75. The van der Waals surface area contributed by atoms with Crippen molar-refractivity contribution in [2.45, 2.75) is 26.4 Å². The van der Waals surface area contributed by atoms with Gasteiger partial charge in [0.15, 0.2) is 5.82 Å². The van der Waals surface area contributed by atoms with Gasteiger partial charge in [-0.1, -0.05) is 12.1 Å². The first-order valence-electron chi connectivity index (χ1n) is 3.67. The van der Waals surface area contributed by atoms with Crippen LogP contribution in [-0.4, -0.2) is 17.3 Å². The molecule has 0 amide bonds. The monoisotopic (exact) mass is 156 g/mol. The molecule has 1 aromatic heterocycles. The molecule has 4 heteroatoms. The van der Waals surface area contributed by atoms with E-state index in [0.717, 1.165) is 12.8 Å². The molecular weight excluding hydrogens is 144 g/mol. The summed E-state index contributed by atoms with van der Waals surface area (Å²) in [5.41, 5.74) is 0. The molecule has 0 bridgehead atoms. The van der Waals surface area contributed by atoms with Gasteiger partial charge < -0.3 is 9.26 Å². The van der Waals surface area contributed by atoms with Crippen molar-refractivity contribution in [2.24, 2.45) is 0 Å². The van der Waals surface area contributed by atoms with Gasteiger partial charge in [-0.15, -0.1) is 0 Å². The average Bonchev–Trinajstić information content (AvgIpc) is 2.38. The van der Waals surface area contributed by atoms with Gasteiger partial charge in [0.2, 0.25) is 5.89 Å². The van der Waals surface area contributed by atoms with Crippen LogP contribution >= 0.6 is 0 Å². The Morgan fingerprint density at radius 2 is 2.36 bits per heavy atom. The van der Waals surface area contributed by atoms with Crippen molar-refractivity contribution in [3.05, 3.63) is 11.7 Å². The number of hydrogen-bond donors (Lipinski definition) is 0. The number of hydrogen-bond acceptors (Lipinski definition) is 4. The Balaban J connectivity index is 2.51. The van der Waals surface area contributed by atoms with E-state index in [1.165, 1.54) is 0 Å². The average molecular weight is 156 g/mol. The number of methoxy groups -OCH3 is 1. The van der Waals surface area contributed by atoms with E-state index in [0.29, 0.717) is 18.3 Å². The first-order chi connectivity index (χ1) is 5.36. The molecule has 0 saturated carbocycles. The van der Waals surface area contributed by atoms with Crippen molar-refractivity contribution in [3.63, 3.8) is 0 Å². The number of aromatic nitrogens is 2. The van der Waals surface area contributed by atoms with Crippen LogP contribution < -0.4 is 0 Å². The third kappa shape index (κ3) is 2.31. The Bertz CT molecular complexity index is 189. The van der Waals surface area contributed by atoms with Gasteiger partial charge in [0.1, 0.15) is 6.61 Å². The predicted molar refractivity (Wildman–Crippen MR) is 39.0 cm³/mol. The predicted octanol–water partition coefficient (Wildman–Crippen LogP) is 1.17. The van der Waals surface area contributed by atoms with Crippen molar-refractivity contribution in [3.8, 4) is 0 Å². The van der Waals surface area contributed by atoms with Crippen LogP contribution in [0.1, 0.15) is 25.1 Å². The van der Waals surface area contributed by atoms with Gasteiger partial charge in [-0.05, 0) is 6.42 Å². The largest absolute Gasteiger partial charge is 0.377 e. The molecule has 0 atom stereocenters. The summed E-state index contributed by atoms with van der Waals surface area (Å²) in [5, 5.41) is 3.71. The van der Waals surface area contributed by atoms with E-state index in [1.807, 2.05) is 0 Å². The maximum Gasteiger partial charge on any atom is 0.226 e. The van der Waals surface area contributed by atoms with Crippen molar-refractivity contribution in [1.29, 1.82) is 0 Å². The molecule has 0 fully saturated rings. The first-order valence-corrected chi connectivity index (χ1v) is 3.67. The van der Waals surface area contributed by atoms with Crippen molar-refractivity contribution in [1.82, 2.24) is 10.1 Å². The Kier molecular flexibility index (Phi) is 3.04. The zero-order chi connectivity index (χ0) is 8.10. The van der Waals surface area contributed by atoms with Crippen molar-refractivity contribution >= 4 is 0 Å². The van der Waals surface area contributed by atoms with Crippen molar-refractivity contribution in [2.75, 3.05) is 7.11 Å². The molecule has 62 valence electrons. The van der Waals surface area contributed by atoms with Crippen LogP contribution in [0.2, 0.25) is 0 Å². The fourth-order valence-electron chi connectivity index (χ4n) is 0.793. The molecule has 1 aromatic rings. The van der Waals surface area contributed by atoms with E-state index in [-0.39, 0.29) is 0 Å². The molecule has 0 spiro atoms. The highest BCUT2D eigenvalue weighted by molar-refractivity contribution is 4.83. The summed E-state index contributed by atoms with van der Waals surface area (Å²) in [6.07, 6.45) is 1.87. The van der Waals surface area contributed by atoms with Gasteiger partial charge >= 0.3 is 0 Å². The smallest absolute Gasteiger partial charge is 0.226 e. The lowest BCUT2D eigenvalue weighted by Crippen LogP contribution is -1.90. The second kappa shape index (κ2) is 4.08. The van der Waals surface area contributed by atoms with E-state index in [9.17, 15) is 0 Å². The molecule has 11 heavy (non-hydrogen) atoms. The van der Waals surface area contributed by atoms with E-state index < -0.39 is 0 Å². The lowest BCUT2D eigenvalue weighted by molar-refractivity contribution is 0.174. The molecule has 1 rings (SSSR count). The van der Waals surface area contributed by atoms with Gasteiger partial charge in [-0.2, -0.15) is 4.98 Å². The summed E-state index contributed by atoms with van der Waals surface area (Å²) in [5.74, 6) is 1.32. The quantitative estimate of drug-likeness (QED) is 0.656. The summed E-state index contributed by atoms with van der Waals surface area (Å²) in [6, 6.07) is 0. The standard InChI is InChI=1S/C7H12N2O2/c1-3-4-7-8-6(5-10-2)9-11-7/h3-5H2,1-2H3. The molecule has 0 aliphatic heterocycles. The summed E-state index contributed by atoms with van der Waals surface area (Å²) in [4.78, 5) is 4.09. The van der Waals surface area contributed by atoms with Crippen LogP contribution in [0.5, 0.6) is 0 Å². The highest BCUT2D eigenvalue weighted by atomic mass is 16.5. The van der Waals surface area contributed by atoms with E-state index in [1.54, 1.807) is 7.11 Å². The van der Waals surface area contributed by atoms with Crippen LogP contribution in [-0.2, 0) is 17.8 Å². The van der Waals surface area contributed by atoms with Gasteiger partial charge in [0, 0.05) is 13.5 Å². The van der Waals surface area contributed by atoms with Gasteiger partial charge in [-0.25, -0.2) is 0 Å². The van der Waals surface area contributed by atoms with Crippen LogP contribution in [0.15, 0.2) is 4.52 Å². The maximum atomic E-state index is 4.92. The molecule has 0 radical (unpaired) electrons. The normalized spacial score (nSPS) is 10.4. The van der Waals surface area contributed by atoms with E-state index in [4.69, 9.17) is 9.26 Å². The SMILES string of the molecule is CCCc1nc(COC)no1. The van der Waals surface area contributed by atoms with Gasteiger partial charge in [0.05, 0.1) is 0 Å². The Labute approximate surface area is 65.6 Å². The highest BCUT2D eigenvalue weighted by Crippen LogP contribution is 2.00. The zero-order valence-electron chi connectivity index (χ0n) is 6.83. The van der Waals surface area contributed by atoms with Crippen molar-refractivity contribution < 1.29 is 9.26 Å². The molecule has 0 saturated heterocycles. The number of nitrogens with zero attached hydrogens (tertiary/aromatic N) is 2. The Hall–Kier alpha value is -0.900. The second-order valence-electron chi connectivity index (χ2n) is 2.29. The molecule has 0 aliphatic rings. The Morgan fingerprint density at radius 3 is 3.00 bits per heavy atom. The molecule has 4 nitrogen and oxygen atoms in total. The van der Waals surface area contributed by atoms with E-state index in [2.05, 4.69) is 17.1 Å². The lowest BCUT2D eigenvalue weighted by Gasteiger charge is -1.86. The summed E-state index contributed by atoms with van der Waals surface area (Å²) in [6.45, 7) is 2.49. The van der Waals surface area contributed by atoms with Gasteiger partial charge in [0.25, 0.3) is 0 Å². The van der Waals surface area contributed by atoms with Crippen LogP contribution in [0.3, 0.4) is 0 Å². The highest BCUT2D eigenvalue weighted by Gasteiger charge is 2.03. The minimum Gasteiger partial charge on any atom is -0.377 e. The number of rotatable bonds is 4. The second-order valence-corrected chi connectivity index (χ2v) is 2.29. The molecule has 0 N–H and O–H groups in total.